The lowest BCUT2D eigenvalue weighted by Crippen LogP contribution is -2.18. The second kappa shape index (κ2) is 5.67. The quantitative estimate of drug-likeness (QED) is 0.930. The average molecular weight is 309 g/mol. The number of benzene rings is 1. The minimum Gasteiger partial charge on any atom is -0.361 e. The van der Waals surface area contributed by atoms with Crippen LogP contribution in [0.4, 0.5) is 0 Å². The van der Waals surface area contributed by atoms with Crippen molar-refractivity contribution in [2.75, 3.05) is 0 Å². The molecule has 1 aromatic carbocycles. The third kappa shape index (κ3) is 3.00. The van der Waals surface area contributed by atoms with Crippen molar-refractivity contribution in [2.45, 2.75) is 33.4 Å². The fourth-order valence-electron chi connectivity index (χ4n) is 1.90. The summed E-state index contributed by atoms with van der Waals surface area (Å²) in [6.07, 6.45) is 0. The van der Waals surface area contributed by atoms with Gasteiger partial charge < -0.3 is 9.84 Å². The molecule has 1 atom stereocenters. The highest BCUT2D eigenvalue weighted by Crippen LogP contribution is 2.19. The Labute approximate surface area is 116 Å². The lowest BCUT2D eigenvalue weighted by molar-refractivity contribution is 0.391. The smallest absolute Gasteiger partial charge is 0.138 e. The van der Waals surface area contributed by atoms with Crippen LogP contribution in [0.2, 0.25) is 0 Å². The summed E-state index contributed by atoms with van der Waals surface area (Å²) < 4.78 is 6.26. The van der Waals surface area contributed by atoms with Crippen LogP contribution in [-0.2, 0) is 6.54 Å². The molecule has 0 unspecified atom stereocenters. The van der Waals surface area contributed by atoms with Crippen molar-refractivity contribution in [3.63, 3.8) is 0 Å². The van der Waals surface area contributed by atoms with Crippen LogP contribution in [-0.4, -0.2) is 5.16 Å². The van der Waals surface area contributed by atoms with Gasteiger partial charge in [0.1, 0.15) is 5.76 Å². The Morgan fingerprint density at radius 2 is 2.17 bits per heavy atom. The molecule has 0 aliphatic rings. The summed E-state index contributed by atoms with van der Waals surface area (Å²) in [6.45, 7) is 6.84. The van der Waals surface area contributed by atoms with E-state index in [4.69, 9.17) is 4.52 Å². The number of nitrogens with one attached hydrogen (secondary N) is 1. The maximum absolute atomic E-state index is 5.15. The first kappa shape index (κ1) is 13.3. The van der Waals surface area contributed by atoms with E-state index in [1.807, 2.05) is 26.0 Å². The molecule has 3 nitrogen and oxygen atoms in total. The molecule has 0 bridgehead atoms. The predicted octanol–water partition coefficient (Wildman–Crippen LogP) is 3.90. The Morgan fingerprint density at radius 1 is 1.39 bits per heavy atom. The molecule has 0 aliphatic carbocycles. The molecular weight excluding hydrogens is 292 g/mol. The van der Waals surface area contributed by atoms with Gasteiger partial charge in [-0.15, -0.1) is 0 Å². The Hall–Kier alpha value is -1.13. The highest BCUT2D eigenvalue weighted by atomic mass is 79.9. The minimum atomic E-state index is 0.288. The van der Waals surface area contributed by atoms with Crippen molar-refractivity contribution in [2.24, 2.45) is 0 Å². The van der Waals surface area contributed by atoms with Crippen LogP contribution >= 0.6 is 15.9 Å². The van der Waals surface area contributed by atoms with E-state index in [2.05, 4.69) is 45.5 Å². The van der Waals surface area contributed by atoms with Gasteiger partial charge in [-0.25, -0.2) is 0 Å². The number of rotatable bonds is 4. The SMILES string of the molecule is Cc1noc(C)c1CN[C@H](C)c1cccc(Br)c1. The highest BCUT2D eigenvalue weighted by Gasteiger charge is 2.11. The van der Waals surface area contributed by atoms with Crippen LogP contribution < -0.4 is 5.32 Å². The molecule has 2 aromatic rings. The molecule has 0 amide bonds. The van der Waals surface area contributed by atoms with Gasteiger partial charge in [-0.2, -0.15) is 0 Å². The molecule has 0 radical (unpaired) electrons. The van der Waals surface area contributed by atoms with E-state index < -0.39 is 0 Å². The zero-order valence-electron chi connectivity index (χ0n) is 10.8. The lowest BCUT2D eigenvalue weighted by atomic mass is 10.1. The van der Waals surface area contributed by atoms with Gasteiger partial charge in [-0.3, -0.25) is 0 Å². The number of hydrogen-bond acceptors (Lipinski definition) is 3. The van der Waals surface area contributed by atoms with Crippen molar-refractivity contribution < 1.29 is 4.52 Å². The fraction of sp³-hybridized carbons (Fsp3) is 0.357. The fourth-order valence-corrected chi connectivity index (χ4v) is 2.32. The number of aryl methyl sites for hydroxylation is 2. The highest BCUT2D eigenvalue weighted by molar-refractivity contribution is 9.10. The molecule has 0 spiro atoms. The summed E-state index contributed by atoms with van der Waals surface area (Å²) in [7, 11) is 0. The largest absolute Gasteiger partial charge is 0.361 e. The third-order valence-electron chi connectivity index (χ3n) is 3.11. The zero-order chi connectivity index (χ0) is 13.1. The Morgan fingerprint density at radius 3 is 2.78 bits per heavy atom. The second-order valence-electron chi connectivity index (χ2n) is 4.46. The Kier molecular flexibility index (Phi) is 4.19. The first-order valence-electron chi connectivity index (χ1n) is 5.98. The number of nitrogens with zero attached hydrogens (tertiary/aromatic N) is 1. The molecule has 1 aromatic heterocycles. The van der Waals surface area contributed by atoms with Crippen LogP contribution in [0.1, 0.15) is 35.5 Å². The van der Waals surface area contributed by atoms with Gasteiger partial charge in [0, 0.05) is 22.6 Å². The van der Waals surface area contributed by atoms with Gasteiger partial charge in [0.15, 0.2) is 0 Å². The molecular formula is C14H17BrN2O. The topological polar surface area (TPSA) is 38.1 Å². The molecule has 0 saturated heterocycles. The van der Waals surface area contributed by atoms with Gasteiger partial charge in [-0.05, 0) is 38.5 Å². The Bertz CT molecular complexity index is 517. The van der Waals surface area contributed by atoms with E-state index in [0.29, 0.717) is 0 Å². The molecule has 0 saturated carbocycles. The van der Waals surface area contributed by atoms with E-state index in [0.717, 1.165) is 28.0 Å². The Balaban J connectivity index is 2.02. The van der Waals surface area contributed by atoms with E-state index >= 15 is 0 Å². The van der Waals surface area contributed by atoms with E-state index in [1.165, 1.54) is 5.56 Å². The van der Waals surface area contributed by atoms with Crippen LogP contribution in [0.25, 0.3) is 0 Å². The van der Waals surface area contributed by atoms with Crippen molar-refractivity contribution >= 4 is 15.9 Å². The van der Waals surface area contributed by atoms with E-state index in [-0.39, 0.29) is 6.04 Å². The summed E-state index contributed by atoms with van der Waals surface area (Å²) in [4.78, 5) is 0. The summed E-state index contributed by atoms with van der Waals surface area (Å²) in [5.74, 6) is 0.890. The van der Waals surface area contributed by atoms with Gasteiger partial charge in [-0.1, -0.05) is 33.2 Å². The predicted molar refractivity (Wildman–Crippen MR) is 75.4 cm³/mol. The standard InChI is InChI=1S/C14H17BrN2O/c1-9(12-5-4-6-13(15)7-12)16-8-14-10(2)17-18-11(14)3/h4-7,9,16H,8H2,1-3H3/t9-/m1/s1. The van der Waals surface area contributed by atoms with Crippen molar-refractivity contribution in [1.29, 1.82) is 0 Å². The first-order valence-corrected chi connectivity index (χ1v) is 6.78. The van der Waals surface area contributed by atoms with Crippen molar-refractivity contribution in [3.8, 4) is 0 Å². The van der Waals surface area contributed by atoms with Gasteiger partial charge in [0.05, 0.1) is 5.69 Å². The summed E-state index contributed by atoms with van der Waals surface area (Å²) in [6, 6.07) is 8.62. The lowest BCUT2D eigenvalue weighted by Gasteiger charge is -2.14. The molecule has 1 heterocycles. The van der Waals surface area contributed by atoms with Gasteiger partial charge in [0.25, 0.3) is 0 Å². The number of aromatic nitrogens is 1. The molecule has 1 N–H and O–H groups in total. The van der Waals surface area contributed by atoms with Crippen LogP contribution in [0.15, 0.2) is 33.3 Å². The molecule has 96 valence electrons. The maximum Gasteiger partial charge on any atom is 0.138 e. The van der Waals surface area contributed by atoms with Crippen molar-refractivity contribution in [3.05, 3.63) is 51.3 Å². The summed E-state index contributed by atoms with van der Waals surface area (Å²) >= 11 is 3.49. The number of halogens is 1. The van der Waals surface area contributed by atoms with Crippen molar-refractivity contribution in [1.82, 2.24) is 10.5 Å². The van der Waals surface area contributed by atoms with Gasteiger partial charge in [0.2, 0.25) is 0 Å². The van der Waals surface area contributed by atoms with Crippen LogP contribution in [0.5, 0.6) is 0 Å². The summed E-state index contributed by atoms with van der Waals surface area (Å²) in [5.41, 5.74) is 3.37. The molecule has 0 fully saturated rings. The first-order chi connectivity index (χ1) is 8.58. The second-order valence-corrected chi connectivity index (χ2v) is 5.38. The minimum absolute atomic E-state index is 0.288. The molecule has 4 heteroatoms. The summed E-state index contributed by atoms with van der Waals surface area (Å²) in [5, 5.41) is 7.45. The maximum atomic E-state index is 5.15. The van der Waals surface area contributed by atoms with Gasteiger partial charge >= 0.3 is 0 Å². The average Bonchev–Trinajstić information content (AvgIpc) is 2.66. The number of hydrogen-bond donors (Lipinski definition) is 1. The molecule has 0 aliphatic heterocycles. The van der Waals surface area contributed by atoms with Crippen LogP contribution in [0.3, 0.4) is 0 Å². The normalized spacial score (nSPS) is 12.7. The van der Waals surface area contributed by atoms with E-state index in [9.17, 15) is 0 Å². The third-order valence-corrected chi connectivity index (χ3v) is 3.61. The molecule has 18 heavy (non-hydrogen) atoms. The van der Waals surface area contributed by atoms with E-state index in [1.54, 1.807) is 0 Å². The zero-order valence-corrected chi connectivity index (χ0v) is 12.4. The monoisotopic (exact) mass is 308 g/mol. The molecule has 2 rings (SSSR count). The van der Waals surface area contributed by atoms with Crippen LogP contribution in [0, 0.1) is 13.8 Å².